The van der Waals surface area contributed by atoms with Crippen LogP contribution in [-0.4, -0.2) is 27.0 Å². The van der Waals surface area contributed by atoms with Crippen molar-refractivity contribution in [1.29, 1.82) is 0 Å². The SMILES string of the molecule is CC(=O)Nc1ccc([N+](=O)[O-])cc1OCCCn1ccnc1. The Bertz CT molecular complexity index is 655. The number of benzene rings is 1. The van der Waals surface area contributed by atoms with Crippen molar-refractivity contribution in [2.45, 2.75) is 19.9 Å². The van der Waals surface area contributed by atoms with Crippen molar-refractivity contribution in [1.82, 2.24) is 9.55 Å². The van der Waals surface area contributed by atoms with Crippen molar-refractivity contribution >= 4 is 17.3 Å². The zero-order chi connectivity index (χ0) is 15.9. The first-order chi connectivity index (χ1) is 10.6. The lowest BCUT2D eigenvalue weighted by molar-refractivity contribution is -0.384. The van der Waals surface area contributed by atoms with E-state index in [-0.39, 0.29) is 17.3 Å². The molecule has 1 N–H and O–H groups in total. The third-order valence-electron chi connectivity index (χ3n) is 2.86. The number of rotatable bonds is 7. The molecule has 0 aliphatic carbocycles. The van der Waals surface area contributed by atoms with Gasteiger partial charge in [-0.2, -0.15) is 0 Å². The first-order valence-corrected chi connectivity index (χ1v) is 6.71. The minimum atomic E-state index is -0.504. The van der Waals surface area contributed by atoms with E-state index in [0.29, 0.717) is 18.7 Å². The summed E-state index contributed by atoms with van der Waals surface area (Å²) in [5, 5.41) is 13.4. The smallest absolute Gasteiger partial charge is 0.273 e. The van der Waals surface area contributed by atoms with Gasteiger partial charge in [0.05, 0.1) is 29.6 Å². The van der Waals surface area contributed by atoms with E-state index < -0.39 is 4.92 Å². The average molecular weight is 304 g/mol. The second-order valence-corrected chi connectivity index (χ2v) is 4.62. The lowest BCUT2D eigenvalue weighted by Gasteiger charge is -2.11. The Kier molecular flexibility index (Phi) is 5.07. The summed E-state index contributed by atoms with van der Waals surface area (Å²) in [7, 11) is 0. The molecule has 8 nitrogen and oxygen atoms in total. The fraction of sp³-hybridized carbons (Fsp3) is 0.286. The van der Waals surface area contributed by atoms with E-state index in [9.17, 15) is 14.9 Å². The summed E-state index contributed by atoms with van der Waals surface area (Å²) < 4.78 is 7.48. The number of carbonyl (C=O) groups excluding carboxylic acids is 1. The largest absolute Gasteiger partial charge is 0.491 e. The quantitative estimate of drug-likeness (QED) is 0.480. The van der Waals surface area contributed by atoms with Gasteiger partial charge in [-0.3, -0.25) is 14.9 Å². The van der Waals surface area contributed by atoms with Crippen LogP contribution in [-0.2, 0) is 11.3 Å². The Labute approximate surface area is 126 Å². The molecule has 0 bridgehead atoms. The lowest BCUT2D eigenvalue weighted by Crippen LogP contribution is -2.09. The number of hydrogen-bond acceptors (Lipinski definition) is 5. The van der Waals surface area contributed by atoms with E-state index >= 15 is 0 Å². The molecule has 116 valence electrons. The van der Waals surface area contributed by atoms with Gasteiger partial charge in [0, 0.05) is 31.9 Å². The summed E-state index contributed by atoms with van der Waals surface area (Å²) in [5.74, 6) is 0.0205. The highest BCUT2D eigenvalue weighted by atomic mass is 16.6. The molecule has 2 rings (SSSR count). The van der Waals surface area contributed by atoms with Gasteiger partial charge in [-0.25, -0.2) is 4.98 Å². The van der Waals surface area contributed by atoms with E-state index in [4.69, 9.17) is 4.74 Å². The minimum absolute atomic E-state index is 0.0845. The van der Waals surface area contributed by atoms with Crippen LogP contribution in [0.1, 0.15) is 13.3 Å². The van der Waals surface area contributed by atoms with Crippen LogP contribution >= 0.6 is 0 Å². The number of imidazole rings is 1. The fourth-order valence-corrected chi connectivity index (χ4v) is 1.89. The predicted octanol–water partition coefficient (Wildman–Crippen LogP) is 2.22. The number of hydrogen-bond donors (Lipinski definition) is 1. The maximum Gasteiger partial charge on any atom is 0.273 e. The number of aryl methyl sites for hydroxylation is 1. The fourth-order valence-electron chi connectivity index (χ4n) is 1.89. The summed E-state index contributed by atoms with van der Waals surface area (Å²) >= 11 is 0. The molecule has 0 radical (unpaired) electrons. The van der Waals surface area contributed by atoms with Crippen LogP contribution in [0.25, 0.3) is 0 Å². The number of carbonyl (C=O) groups is 1. The van der Waals surface area contributed by atoms with Gasteiger partial charge in [0.1, 0.15) is 5.75 Å². The van der Waals surface area contributed by atoms with Crippen LogP contribution in [0.3, 0.4) is 0 Å². The van der Waals surface area contributed by atoms with Gasteiger partial charge in [0.15, 0.2) is 0 Å². The van der Waals surface area contributed by atoms with E-state index in [1.165, 1.54) is 25.1 Å². The summed E-state index contributed by atoms with van der Waals surface area (Å²) in [4.78, 5) is 25.4. The van der Waals surface area contributed by atoms with Gasteiger partial charge >= 0.3 is 0 Å². The number of nitro groups is 1. The predicted molar refractivity (Wildman–Crippen MR) is 79.7 cm³/mol. The third-order valence-corrected chi connectivity index (χ3v) is 2.86. The molecule has 1 aromatic carbocycles. The number of amides is 1. The average Bonchev–Trinajstić information content (AvgIpc) is 2.97. The summed E-state index contributed by atoms with van der Waals surface area (Å²) in [6, 6.07) is 4.09. The van der Waals surface area contributed by atoms with E-state index in [1.54, 1.807) is 12.5 Å². The first-order valence-electron chi connectivity index (χ1n) is 6.71. The van der Waals surface area contributed by atoms with Crippen LogP contribution in [0.5, 0.6) is 5.75 Å². The van der Waals surface area contributed by atoms with Gasteiger partial charge in [0.2, 0.25) is 5.91 Å². The number of non-ortho nitro benzene ring substituents is 1. The molecule has 2 aromatic rings. The maximum absolute atomic E-state index is 11.2. The third kappa shape index (κ3) is 4.30. The van der Waals surface area contributed by atoms with Gasteiger partial charge in [-0.1, -0.05) is 0 Å². The van der Waals surface area contributed by atoms with Crippen LogP contribution in [0.2, 0.25) is 0 Å². The van der Waals surface area contributed by atoms with Crippen molar-refractivity contribution in [3.63, 3.8) is 0 Å². The molecule has 0 spiro atoms. The number of ether oxygens (including phenoxy) is 1. The molecule has 0 aliphatic heterocycles. The van der Waals surface area contributed by atoms with E-state index in [2.05, 4.69) is 10.3 Å². The molecule has 1 amide bonds. The Morgan fingerprint density at radius 3 is 2.95 bits per heavy atom. The number of nitrogens with zero attached hydrogens (tertiary/aromatic N) is 3. The Balaban J connectivity index is 2.00. The monoisotopic (exact) mass is 304 g/mol. The highest BCUT2D eigenvalue weighted by Crippen LogP contribution is 2.29. The summed E-state index contributed by atoms with van der Waals surface area (Å²) in [6.07, 6.45) is 5.95. The van der Waals surface area contributed by atoms with Crippen molar-refractivity contribution in [2.75, 3.05) is 11.9 Å². The van der Waals surface area contributed by atoms with Crippen LogP contribution in [0, 0.1) is 10.1 Å². The van der Waals surface area contributed by atoms with Crippen molar-refractivity contribution in [2.24, 2.45) is 0 Å². The topological polar surface area (TPSA) is 99.3 Å². The van der Waals surface area contributed by atoms with Crippen LogP contribution < -0.4 is 10.1 Å². The molecule has 0 aliphatic rings. The molecular weight excluding hydrogens is 288 g/mol. The number of anilines is 1. The number of nitrogens with one attached hydrogen (secondary N) is 1. The lowest BCUT2D eigenvalue weighted by atomic mass is 10.2. The highest BCUT2D eigenvalue weighted by molar-refractivity contribution is 5.90. The zero-order valence-corrected chi connectivity index (χ0v) is 12.1. The normalized spacial score (nSPS) is 10.2. The highest BCUT2D eigenvalue weighted by Gasteiger charge is 2.12. The van der Waals surface area contributed by atoms with Crippen molar-refractivity contribution < 1.29 is 14.5 Å². The van der Waals surface area contributed by atoms with Gasteiger partial charge in [-0.05, 0) is 12.5 Å². The molecule has 0 saturated carbocycles. The molecule has 1 aromatic heterocycles. The molecule has 0 fully saturated rings. The number of nitro benzene ring substituents is 1. The standard InChI is InChI=1S/C14H16N4O4/c1-11(19)16-13-4-3-12(18(20)21)9-14(13)22-8-2-6-17-7-5-15-10-17/h3-5,7,9-10H,2,6,8H2,1H3,(H,16,19). The van der Waals surface area contributed by atoms with Crippen LogP contribution in [0.15, 0.2) is 36.9 Å². The molecule has 8 heteroatoms. The zero-order valence-electron chi connectivity index (χ0n) is 12.1. The Morgan fingerprint density at radius 1 is 1.50 bits per heavy atom. The van der Waals surface area contributed by atoms with Crippen molar-refractivity contribution in [3.8, 4) is 5.75 Å². The van der Waals surface area contributed by atoms with Crippen LogP contribution in [0.4, 0.5) is 11.4 Å². The molecule has 22 heavy (non-hydrogen) atoms. The van der Waals surface area contributed by atoms with E-state index in [0.717, 1.165) is 6.54 Å². The maximum atomic E-state index is 11.2. The Morgan fingerprint density at radius 2 is 2.32 bits per heavy atom. The van der Waals surface area contributed by atoms with Gasteiger partial charge in [-0.15, -0.1) is 0 Å². The second kappa shape index (κ2) is 7.21. The van der Waals surface area contributed by atoms with Gasteiger partial charge in [0.25, 0.3) is 5.69 Å². The molecule has 0 saturated heterocycles. The molecule has 0 unspecified atom stereocenters. The first kappa shape index (κ1) is 15.5. The summed E-state index contributed by atoms with van der Waals surface area (Å²) in [5.41, 5.74) is 0.333. The Hall–Kier alpha value is -2.90. The van der Waals surface area contributed by atoms with Gasteiger partial charge < -0.3 is 14.6 Å². The van der Waals surface area contributed by atoms with E-state index in [1.807, 2.05) is 10.8 Å². The number of aromatic nitrogens is 2. The molecule has 0 atom stereocenters. The molecular formula is C14H16N4O4. The second-order valence-electron chi connectivity index (χ2n) is 4.62. The minimum Gasteiger partial charge on any atom is -0.491 e. The summed E-state index contributed by atoms with van der Waals surface area (Å²) in [6.45, 7) is 2.46. The van der Waals surface area contributed by atoms with Crippen molar-refractivity contribution in [3.05, 3.63) is 47.0 Å². The molecule has 1 heterocycles.